The highest BCUT2D eigenvalue weighted by Crippen LogP contribution is 2.24. The molecule has 4 nitrogen and oxygen atoms in total. The third-order valence-electron chi connectivity index (χ3n) is 2.08. The summed E-state index contributed by atoms with van der Waals surface area (Å²) < 4.78 is 0. The largest absolute Gasteiger partial charge is 0.396 e. The number of aliphatic hydroxyl groups excluding tert-OH is 3. The van der Waals surface area contributed by atoms with Crippen molar-refractivity contribution in [2.45, 2.75) is 24.7 Å². The Balaban J connectivity index is 2.53. The van der Waals surface area contributed by atoms with Crippen molar-refractivity contribution in [1.82, 2.24) is 0 Å². The summed E-state index contributed by atoms with van der Waals surface area (Å²) >= 11 is 0. The standard InChI is InChI=1S/C6H13NO3/c7-4-1-3(2-8)5(9)6(4)10/h3-6,8-10H,1-2,7H2/t3-,4-,5-,6-/m0/s1. The zero-order valence-corrected chi connectivity index (χ0v) is 5.64. The molecule has 0 amide bonds. The van der Waals surface area contributed by atoms with Gasteiger partial charge in [-0.05, 0) is 6.42 Å². The van der Waals surface area contributed by atoms with Crippen molar-refractivity contribution < 1.29 is 15.3 Å². The Kier molecular flexibility index (Phi) is 2.25. The molecule has 1 aliphatic rings. The van der Waals surface area contributed by atoms with E-state index in [1.54, 1.807) is 0 Å². The molecule has 1 saturated carbocycles. The molecule has 4 atom stereocenters. The van der Waals surface area contributed by atoms with Crippen LogP contribution in [0.3, 0.4) is 0 Å². The van der Waals surface area contributed by atoms with Crippen molar-refractivity contribution in [3.05, 3.63) is 0 Å². The SMILES string of the molecule is N[C@H]1C[C@@H](CO)[C@H](O)[C@H]1O. The molecule has 0 radical (unpaired) electrons. The molecule has 0 aromatic rings. The van der Waals surface area contributed by atoms with Crippen LogP contribution < -0.4 is 5.73 Å². The Hall–Kier alpha value is -0.160. The van der Waals surface area contributed by atoms with Gasteiger partial charge in [-0.3, -0.25) is 0 Å². The summed E-state index contributed by atoms with van der Waals surface area (Å²) in [4.78, 5) is 0. The van der Waals surface area contributed by atoms with Crippen molar-refractivity contribution in [3.63, 3.8) is 0 Å². The fraction of sp³-hybridized carbons (Fsp3) is 1.00. The van der Waals surface area contributed by atoms with Gasteiger partial charge in [-0.25, -0.2) is 0 Å². The maximum absolute atomic E-state index is 9.14. The first-order chi connectivity index (χ1) is 4.66. The first kappa shape index (κ1) is 7.94. The van der Waals surface area contributed by atoms with E-state index in [9.17, 15) is 0 Å². The Morgan fingerprint density at radius 2 is 1.90 bits per heavy atom. The molecule has 0 unspecified atom stereocenters. The number of nitrogens with two attached hydrogens (primary N) is 1. The van der Waals surface area contributed by atoms with Crippen molar-refractivity contribution in [1.29, 1.82) is 0 Å². The summed E-state index contributed by atoms with van der Waals surface area (Å²) in [6, 6.07) is -0.382. The highest BCUT2D eigenvalue weighted by molar-refractivity contribution is 4.92. The van der Waals surface area contributed by atoms with E-state index in [1.165, 1.54) is 0 Å². The third kappa shape index (κ3) is 1.15. The molecule has 4 heteroatoms. The van der Waals surface area contributed by atoms with Crippen molar-refractivity contribution in [2.24, 2.45) is 11.7 Å². The maximum Gasteiger partial charge on any atom is 0.0953 e. The van der Waals surface area contributed by atoms with Crippen molar-refractivity contribution in [2.75, 3.05) is 6.61 Å². The van der Waals surface area contributed by atoms with E-state index in [0.717, 1.165) is 0 Å². The summed E-state index contributed by atoms with van der Waals surface area (Å²) in [7, 11) is 0. The Morgan fingerprint density at radius 3 is 2.10 bits per heavy atom. The van der Waals surface area contributed by atoms with Gasteiger partial charge in [0.2, 0.25) is 0 Å². The van der Waals surface area contributed by atoms with E-state index in [0.29, 0.717) is 6.42 Å². The molecule has 60 valence electrons. The van der Waals surface area contributed by atoms with Crippen LogP contribution in [0.5, 0.6) is 0 Å². The number of hydrogen-bond donors (Lipinski definition) is 4. The van der Waals surface area contributed by atoms with E-state index in [2.05, 4.69) is 0 Å². The van der Waals surface area contributed by atoms with E-state index >= 15 is 0 Å². The van der Waals surface area contributed by atoms with Crippen LogP contribution in [0.4, 0.5) is 0 Å². The van der Waals surface area contributed by atoms with Crippen LogP contribution in [0.1, 0.15) is 6.42 Å². The first-order valence-corrected chi connectivity index (χ1v) is 3.39. The van der Waals surface area contributed by atoms with Gasteiger partial charge in [0.05, 0.1) is 12.2 Å². The van der Waals surface area contributed by atoms with Crippen LogP contribution in [0.15, 0.2) is 0 Å². The van der Waals surface area contributed by atoms with Gasteiger partial charge in [-0.15, -0.1) is 0 Å². The predicted octanol–water partition coefficient (Wildman–Crippen LogP) is -1.95. The highest BCUT2D eigenvalue weighted by atomic mass is 16.3. The molecule has 0 aromatic heterocycles. The van der Waals surface area contributed by atoms with Gasteiger partial charge >= 0.3 is 0 Å². The van der Waals surface area contributed by atoms with Crippen LogP contribution in [0.25, 0.3) is 0 Å². The van der Waals surface area contributed by atoms with Gasteiger partial charge in [0.15, 0.2) is 0 Å². The average Bonchev–Trinajstić information content (AvgIpc) is 2.17. The second kappa shape index (κ2) is 2.84. The Labute approximate surface area is 59.3 Å². The van der Waals surface area contributed by atoms with E-state index < -0.39 is 12.2 Å². The summed E-state index contributed by atoms with van der Waals surface area (Å²) in [5, 5.41) is 26.9. The quantitative estimate of drug-likeness (QED) is 0.347. The molecule has 0 heterocycles. The first-order valence-electron chi connectivity index (χ1n) is 3.39. The van der Waals surface area contributed by atoms with E-state index in [-0.39, 0.29) is 18.6 Å². The van der Waals surface area contributed by atoms with E-state index in [1.807, 2.05) is 0 Å². The van der Waals surface area contributed by atoms with Gasteiger partial charge in [0.25, 0.3) is 0 Å². The van der Waals surface area contributed by atoms with Crippen LogP contribution in [0, 0.1) is 5.92 Å². The molecule has 10 heavy (non-hydrogen) atoms. The lowest BCUT2D eigenvalue weighted by Crippen LogP contribution is -2.35. The van der Waals surface area contributed by atoms with Gasteiger partial charge in [0, 0.05) is 18.6 Å². The van der Waals surface area contributed by atoms with E-state index in [4.69, 9.17) is 21.1 Å². The second-order valence-electron chi connectivity index (χ2n) is 2.82. The normalized spacial score (nSPS) is 48.0. The minimum absolute atomic E-state index is 0.105. The summed E-state index contributed by atoms with van der Waals surface area (Å²) in [6.07, 6.45) is -1.21. The van der Waals surface area contributed by atoms with Gasteiger partial charge in [-0.1, -0.05) is 0 Å². The van der Waals surface area contributed by atoms with Crippen molar-refractivity contribution in [3.8, 4) is 0 Å². The summed E-state index contributed by atoms with van der Waals surface area (Å²) in [6.45, 7) is -0.105. The monoisotopic (exact) mass is 147 g/mol. The molecular formula is C6H13NO3. The minimum Gasteiger partial charge on any atom is -0.396 e. The molecule has 5 N–H and O–H groups in total. The van der Waals surface area contributed by atoms with Crippen LogP contribution in [-0.2, 0) is 0 Å². The molecule has 0 saturated heterocycles. The van der Waals surface area contributed by atoms with Gasteiger partial charge in [-0.2, -0.15) is 0 Å². The Morgan fingerprint density at radius 1 is 1.30 bits per heavy atom. The molecular weight excluding hydrogens is 134 g/mol. The molecule has 0 aliphatic heterocycles. The lowest BCUT2D eigenvalue weighted by atomic mass is 10.1. The van der Waals surface area contributed by atoms with Crippen LogP contribution in [0.2, 0.25) is 0 Å². The van der Waals surface area contributed by atoms with Crippen LogP contribution in [-0.4, -0.2) is 40.2 Å². The molecule has 0 aromatic carbocycles. The fourth-order valence-corrected chi connectivity index (χ4v) is 1.34. The van der Waals surface area contributed by atoms with Gasteiger partial charge in [0.1, 0.15) is 0 Å². The molecule has 0 bridgehead atoms. The maximum atomic E-state index is 9.14. The zero-order valence-electron chi connectivity index (χ0n) is 5.64. The Bertz CT molecular complexity index is 120. The lowest BCUT2D eigenvalue weighted by molar-refractivity contribution is 0.00300. The number of hydrogen-bond acceptors (Lipinski definition) is 4. The number of rotatable bonds is 1. The van der Waals surface area contributed by atoms with Gasteiger partial charge < -0.3 is 21.1 Å². The third-order valence-corrected chi connectivity index (χ3v) is 2.08. The lowest BCUT2D eigenvalue weighted by Gasteiger charge is -2.13. The smallest absolute Gasteiger partial charge is 0.0953 e. The van der Waals surface area contributed by atoms with Crippen LogP contribution >= 0.6 is 0 Å². The topological polar surface area (TPSA) is 86.7 Å². The average molecular weight is 147 g/mol. The summed E-state index contributed by atoms with van der Waals surface area (Å²) in [5.74, 6) is -0.245. The number of aliphatic hydroxyl groups is 3. The second-order valence-corrected chi connectivity index (χ2v) is 2.82. The predicted molar refractivity (Wildman–Crippen MR) is 35.2 cm³/mol. The fourth-order valence-electron chi connectivity index (χ4n) is 1.34. The molecule has 1 rings (SSSR count). The minimum atomic E-state index is -0.864. The van der Waals surface area contributed by atoms with Crippen molar-refractivity contribution >= 4 is 0 Å². The molecule has 1 aliphatic carbocycles. The zero-order chi connectivity index (χ0) is 7.72. The highest BCUT2D eigenvalue weighted by Gasteiger charge is 2.38. The molecule has 1 fully saturated rings. The molecule has 0 spiro atoms. The summed E-state index contributed by atoms with van der Waals surface area (Å²) in [5.41, 5.74) is 5.41.